The van der Waals surface area contributed by atoms with Gasteiger partial charge in [0, 0.05) is 19.4 Å². The Morgan fingerprint density at radius 3 is 1.51 bits per heavy atom. The SMILES string of the molecule is CCCCCCCC/C=C\C/C=C\C/C=C\CCCC(=O)OCC(COP(=O)(O)OCCN(C)C)OC(=O)CCCCCCCCCCCCCCCCC. The van der Waals surface area contributed by atoms with E-state index in [2.05, 4.69) is 50.3 Å². The Labute approximate surface area is 338 Å². The summed E-state index contributed by atoms with van der Waals surface area (Å²) in [7, 11) is -0.728. The summed E-state index contributed by atoms with van der Waals surface area (Å²) in [5, 5.41) is 0. The van der Waals surface area contributed by atoms with Gasteiger partial charge in [0.05, 0.1) is 13.2 Å². The number of likely N-dealkylation sites (N-methyl/N-ethyl adjacent to an activating group) is 1. The van der Waals surface area contributed by atoms with Crippen molar-refractivity contribution in [2.75, 3.05) is 40.5 Å². The van der Waals surface area contributed by atoms with Crippen LogP contribution in [0.25, 0.3) is 0 Å². The molecule has 0 aromatic carbocycles. The molecule has 10 heteroatoms. The molecule has 2 unspecified atom stereocenters. The summed E-state index contributed by atoms with van der Waals surface area (Å²) in [6.07, 6.45) is 43.4. The largest absolute Gasteiger partial charge is 0.472 e. The number of hydrogen-bond acceptors (Lipinski definition) is 8. The monoisotopic (exact) mass is 798 g/mol. The minimum atomic E-state index is -4.37. The van der Waals surface area contributed by atoms with Crippen LogP contribution in [0.3, 0.4) is 0 Å². The van der Waals surface area contributed by atoms with Crippen LogP contribution in [0.5, 0.6) is 0 Å². The van der Waals surface area contributed by atoms with E-state index in [1.807, 2.05) is 19.0 Å². The molecule has 0 aromatic heterocycles. The highest BCUT2D eigenvalue weighted by Gasteiger charge is 2.26. The topological polar surface area (TPSA) is 112 Å². The lowest BCUT2D eigenvalue weighted by Gasteiger charge is -2.20. The first-order valence-corrected chi connectivity index (χ1v) is 23.8. The maximum Gasteiger partial charge on any atom is 0.472 e. The number of unbranched alkanes of at least 4 members (excludes halogenated alkanes) is 21. The van der Waals surface area contributed by atoms with Crippen LogP contribution in [0.4, 0.5) is 0 Å². The highest BCUT2D eigenvalue weighted by atomic mass is 31.2. The van der Waals surface area contributed by atoms with Crippen molar-refractivity contribution >= 4 is 19.8 Å². The van der Waals surface area contributed by atoms with Crippen LogP contribution in [0.1, 0.15) is 194 Å². The number of ether oxygens (including phenoxy) is 2. The van der Waals surface area contributed by atoms with Gasteiger partial charge in [-0.15, -0.1) is 0 Å². The fourth-order valence-corrected chi connectivity index (χ4v) is 6.74. The predicted molar refractivity (Wildman–Crippen MR) is 229 cm³/mol. The number of carbonyl (C=O) groups excluding carboxylic acids is 2. The van der Waals surface area contributed by atoms with Gasteiger partial charge >= 0.3 is 19.8 Å². The van der Waals surface area contributed by atoms with Gasteiger partial charge in [-0.25, -0.2) is 4.57 Å². The van der Waals surface area contributed by atoms with Crippen LogP contribution in [-0.2, 0) is 32.7 Å². The second kappa shape index (κ2) is 40.4. The van der Waals surface area contributed by atoms with Gasteiger partial charge in [0.2, 0.25) is 0 Å². The summed E-state index contributed by atoms with van der Waals surface area (Å²) >= 11 is 0. The van der Waals surface area contributed by atoms with Crippen LogP contribution in [0.2, 0.25) is 0 Å². The van der Waals surface area contributed by atoms with Crippen molar-refractivity contribution in [1.29, 1.82) is 0 Å². The quantitative estimate of drug-likeness (QED) is 0.0280. The van der Waals surface area contributed by atoms with Crippen molar-refractivity contribution in [2.24, 2.45) is 0 Å². The van der Waals surface area contributed by atoms with E-state index in [4.69, 9.17) is 18.5 Å². The standard InChI is InChI=1S/C45H84NO8P/c1-5-7-9-11-13-15-17-19-21-22-24-25-27-29-31-33-35-37-44(47)51-41-43(42-53-55(49,50)52-40-39-46(3)4)54-45(48)38-36-34-32-30-28-26-23-20-18-16-14-12-10-8-6-2/h19,21,24-25,29,31,43H,5-18,20,22-23,26-28,30,32-42H2,1-4H3,(H,49,50)/b21-19-,25-24-,31-29-. The zero-order chi connectivity index (χ0) is 40.5. The lowest BCUT2D eigenvalue weighted by atomic mass is 10.0. The second-order valence-electron chi connectivity index (χ2n) is 15.2. The van der Waals surface area contributed by atoms with Crippen LogP contribution in [-0.4, -0.2) is 68.3 Å². The van der Waals surface area contributed by atoms with Crippen LogP contribution < -0.4 is 0 Å². The molecule has 0 heterocycles. The molecule has 322 valence electrons. The molecule has 0 saturated heterocycles. The first-order valence-electron chi connectivity index (χ1n) is 22.3. The van der Waals surface area contributed by atoms with Gasteiger partial charge < -0.3 is 19.3 Å². The van der Waals surface area contributed by atoms with Crippen molar-refractivity contribution in [3.63, 3.8) is 0 Å². The van der Waals surface area contributed by atoms with E-state index in [-0.39, 0.29) is 26.1 Å². The molecule has 0 bridgehead atoms. The Kier molecular flexibility index (Phi) is 39.1. The zero-order valence-electron chi connectivity index (χ0n) is 35.9. The fourth-order valence-electron chi connectivity index (χ4n) is 6.00. The Balaban J connectivity index is 4.35. The first kappa shape index (κ1) is 53.2. The van der Waals surface area contributed by atoms with Crippen molar-refractivity contribution in [3.8, 4) is 0 Å². The number of hydrogen-bond donors (Lipinski definition) is 1. The lowest BCUT2D eigenvalue weighted by Crippen LogP contribution is -2.29. The molecule has 0 aliphatic heterocycles. The summed E-state index contributed by atoms with van der Waals surface area (Å²) in [6, 6.07) is 0. The van der Waals surface area contributed by atoms with Crippen molar-refractivity contribution < 1.29 is 37.6 Å². The molecular formula is C45H84NO8P. The molecule has 0 aliphatic carbocycles. The van der Waals surface area contributed by atoms with Gasteiger partial charge in [-0.3, -0.25) is 18.6 Å². The average molecular weight is 798 g/mol. The molecule has 1 N–H and O–H groups in total. The summed E-state index contributed by atoms with van der Waals surface area (Å²) in [4.78, 5) is 37.0. The van der Waals surface area contributed by atoms with Gasteiger partial charge in [-0.1, -0.05) is 172 Å². The Bertz CT molecular complexity index is 1010. The maximum absolute atomic E-state index is 12.6. The minimum absolute atomic E-state index is 0.000840. The summed E-state index contributed by atoms with van der Waals surface area (Å²) in [6.45, 7) is 4.27. The molecule has 0 aromatic rings. The first-order chi connectivity index (χ1) is 26.7. The van der Waals surface area contributed by atoms with Crippen molar-refractivity contribution in [1.82, 2.24) is 4.90 Å². The van der Waals surface area contributed by atoms with Crippen molar-refractivity contribution in [2.45, 2.75) is 200 Å². The number of phosphoric ester groups is 1. The zero-order valence-corrected chi connectivity index (χ0v) is 36.8. The minimum Gasteiger partial charge on any atom is -0.462 e. The molecule has 2 atom stereocenters. The van der Waals surface area contributed by atoms with Crippen LogP contribution in [0, 0.1) is 0 Å². The van der Waals surface area contributed by atoms with E-state index in [1.165, 1.54) is 122 Å². The summed E-state index contributed by atoms with van der Waals surface area (Å²) < 4.78 is 33.4. The highest BCUT2D eigenvalue weighted by Crippen LogP contribution is 2.43. The Morgan fingerprint density at radius 1 is 0.564 bits per heavy atom. The van der Waals surface area contributed by atoms with Gasteiger partial charge in [0.1, 0.15) is 6.61 Å². The number of carbonyl (C=O) groups is 2. The molecular weight excluding hydrogens is 713 g/mol. The van der Waals surface area contributed by atoms with Gasteiger partial charge in [-0.2, -0.15) is 0 Å². The molecule has 55 heavy (non-hydrogen) atoms. The Morgan fingerprint density at radius 2 is 1.00 bits per heavy atom. The average Bonchev–Trinajstić information content (AvgIpc) is 3.15. The highest BCUT2D eigenvalue weighted by molar-refractivity contribution is 7.47. The van der Waals surface area contributed by atoms with E-state index in [0.717, 1.165) is 32.1 Å². The molecule has 0 aliphatic rings. The van der Waals surface area contributed by atoms with E-state index in [0.29, 0.717) is 19.4 Å². The third kappa shape index (κ3) is 41.7. The van der Waals surface area contributed by atoms with E-state index >= 15 is 0 Å². The smallest absolute Gasteiger partial charge is 0.462 e. The van der Waals surface area contributed by atoms with E-state index in [1.54, 1.807) is 0 Å². The lowest BCUT2D eigenvalue weighted by molar-refractivity contribution is -0.161. The molecule has 0 saturated carbocycles. The number of phosphoric acid groups is 1. The van der Waals surface area contributed by atoms with Crippen LogP contribution in [0.15, 0.2) is 36.5 Å². The van der Waals surface area contributed by atoms with Gasteiger partial charge in [0.15, 0.2) is 6.10 Å². The second-order valence-corrected chi connectivity index (χ2v) is 16.7. The molecule has 0 amide bonds. The molecule has 0 rings (SSSR count). The molecule has 0 spiro atoms. The number of rotatable bonds is 41. The third-order valence-electron chi connectivity index (χ3n) is 9.45. The fraction of sp³-hybridized carbons (Fsp3) is 0.822. The number of allylic oxidation sites excluding steroid dienone is 6. The molecule has 9 nitrogen and oxygen atoms in total. The molecule has 0 radical (unpaired) electrons. The number of nitrogens with zero attached hydrogens (tertiary/aromatic N) is 1. The normalized spacial score (nSPS) is 13.7. The Hall–Kier alpha value is -1.77. The van der Waals surface area contributed by atoms with Crippen molar-refractivity contribution in [3.05, 3.63) is 36.5 Å². The maximum atomic E-state index is 12.6. The predicted octanol–water partition coefficient (Wildman–Crippen LogP) is 12.8. The van der Waals surface area contributed by atoms with E-state index < -0.39 is 32.5 Å². The third-order valence-corrected chi connectivity index (χ3v) is 10.4. The van der Waals surface area contributed by atoms with Crippen LogP contribution >= 0.6 is 7.82 Å². The van der Waals surface area contributed by atoms with Gasteiger partial charge in [-0.05, 0) is 59.0 Å². The molecule has 0 fully saturated rings. The number of esters is 2. The van der Waals surface area contributed by atoms with E-state index in [9.17, 15) is 19.0 Å². The van der Waals surface area contributed by atoms with Gasteiger partial charge in [0.25, 0.3) is 0 Å². The summed E-state index contributed by atoms with van der Waals surface area (Å²) in [5.41, 5.74) is 0. The summed E-state index contributed by atoms with van der Waals surface area (Å²) in [5.74, 6) is -0.858.